The number of likely N-dealkylation sites (tertiary alicyclic amines) is 1. The van der Waals surface area contributed by atoms with Gasteiger partial charge in [0.2, 0.25) is 5.91 Å². The van der Waals surface area contributed by atoms with Crippen molar-refractivity contribution < 1.29 is 9.18 Å². The second-order valence-corrected chi connectivity index (χ2v) is 10.3. The minimum atomic E-state index is -0.291. The van der Waals surface area contributed by atoms with Gasteiger partial charge in [0, 0.05) is 37.8 Å². The van der Waals surface area contributed by atoms with E-state index in [9.17, 15) is 9.18 Å². The van der Waals surface area contributed by atoms with Gasteiger partial charge < -0.3 is 15.5 Å². The molecule has 3 aliphatic heterocycles. The molecule has 0 saturated carbocycles. The monoisotopic (exact) mass is 464 g/mol. The number of hydrogen-bond donors (Lipinski definition) is 2. The van der Waals surface area contributed by atoms with Gasteiger partial charge >= 0.3 is 0 Å². The van der Waals surface area contributed by atoms with E-state index >= 15 is 0 Å². The number of fused-ring (bicyclic) bond motifs is 2. The molecule has 2 fully saturated rings. The number of benzene rings is 2. The molecule has 5 rings (SSSR count). The van der Waals surface area contributed by atoms with Crippen molar-refractivity contribution in [1.29, 1.82) is 0 Å². The number of carbonyl (C=O) groups excluding carboxylic acids is 1. The summed E-state index contributed by atoms with van der Waals surface area (Å²) in [7, 11) is 2.24. The summed E-state index contributed by atoms with van der Waals surface area (Å²) in [6.45, 7) is 4.52. The van der Waals surface area contributed by atoms with E-state index in [4.69, 9.17) is 0 Å². The van der Waals surface area contributed by atoms with Crippen LogP contribution in [-0.2, 0) is 23.2 Å². The second kappa shape index (κ2) is 10.1. The number of nitrogens with zero attached hydrogens (tertiary/aromatic N) is 2. The first kappa shape index (κ1) is 23.5. The maximum atomic E-state index is 13.8. The van der Waals surface area contributed by atoms with Crippen molar-refractivity contribution in [3.05, 3.63) is 71.0 Å². The predicted octanol–water partition coefficient (Wildman–Crippen LogP) is 3.08. The third-order valence-corrected chi connectivity index (χ3v) is 8.25. The van der Waals surface area contributed by atoms with Crippen LogP contribution in [0.5, 0.6) is 0 Å². The van der Waals surface area contributed by atoms with Gasteiger partial charge in [-0.1, -0.05) is 36.4 Å². The minimum Gasteiger partial charge on any atom is -0.341 e. The Morgan fingerprint density at radius 3 is 2.65 bits per heavy atom. The number of piperidine rings is 2. The largest absolute Gasteiger partial charge is 0.341 e. The first-order valence-electron chi connectivity index (χ1n) is 12.8. The number of hydrogen-bond acceptors (Lipinski definition) is 4. The van der Waals surface area contributed by atoms with Crippen LogP contribution in [0.1, 0.15) is 42.4 Å². The molecule has 2 atom stereocenters. The molecule has 1 amide bonds. The lowest BCUT2D eigenvalue weighted by Gasteiger charge is -2.51. The Kier molecular flexibility index (Phi) is 7.00. The molecule has 3 heterocycles. The topological polar surface area (TPSA) is 47.6 Å². The van der Waals surface area contributed by atoms with Gasteiger partial charge in [0.05, 0.1) is 6.04 Å². The molecule has 0 aliphatic carbocycles. The molecular formula is C28H37FN4O. The third-order valence-electron chi connectivity index (χ3n) is 8.25. The average molecular weight is 465 g/mol. The molecule has 2 saturated heterocycles. The number of rotatable bonds is 5. The first-order valence-corrected chi connectivity index (χ1v) is 12.8. The molecule has 2 aromatic rings. The Labute approximate surface area is 202 Å². The summed E-state index contributed by atoms with van der Waals surface area (Å²) in [6.07, 6.45) is 5.79. The van der Waals surface area contributed by atoms with Crippen LogP contribution >= 0.6 is 0 Å². The summed E-state index contributed by atoms with van der Waals surface area (Å²) in [5.41, 5.74) is 3.93. The fraction of sp³-hybridized carbons (Fsp3) is 0.536. The number of carbonyl (C=O) groups is 1. The lowest BCUT2D eigenvalue weighted by atomic mass is 9.74. The first-order chi connectivity index (χ1) is 16.5. The van der Waals surface area contributed by atoms with Crippen molar-refractivity contribution in [3.63, 3.8) is 0 Å². The lowest BCUT2D eigenvalue weighted by molar-refractivity contribution is -0.136. The van der Waals surface area contributed by atoms with E-state index in [-0.39, 0.29) is 29.3 Å². The highest BCUT2D eigenvalue weighted by Gasteiger charge is 2.44. The maximum absolute atomic E-state index is 13.8. The molecule has 1 unspecified atom stereocenters. The molecule has 2 N–H and O–H groups in total. The van der Waals surface area contributed by atoms with E-state index in [2.05, 4.69) is 51.7 Å². The highest BCUT2D eigenvalue weighted by atomic mass is 19.1. The second-order valence-electron chi connectivity index (χ2n) is 10.3. The molecule has 6 heteroatoms. The van der Waals surface area contributed by atoms with E-state index < -0.39 is 0 Å². The summed E-state index contributed by atoms with van der Waals surface area (Å²) in [4.78, 5) is 18.4. The zero-order valence-corrected chi connectivity index (χ0v) is 20.2. The zero-order valence-electron chi connectivity index (χ0n) is 20.2. The van der Waals surface area contributed by atoms with Crippen molar-refractivity contribution in [2.75, 3.05) is 39.8 Å². The Balaban J connectivity index is 1.31. The number of nitrogens with one attached hydrogen (secondary N) is 2. The average Bonchev–Trinajstić information content (AvgIpc) is 2.88. The van der Waals surface area contributed by atoms with Crippen LogP contribution in [0.3, 0.4) is 0 Å². The fourth-order valence-corrected chi connectivity index (χ4v) is 6.22. The third kappa shape index (κ3) is 4.77. The van der Waals surface area contributed by atoms with Gasteiger partial charge in [0.1, 0.15) is 5.82 Å². The van der Waals surface area contributed by atoms with Gasteiger partial charge in [-0.25, -0.2) is 4.39 Å². The van der Waals surface area contributed by atoms with Crippen LogP contribution in [0.4, 0.5) is 4.39 Å². The Morgan fingerprint density at radius 1 is 1.15 bits per heavy atom. The van der Waals surface area contributed by atoms with Crippen LogP contribution < -0.4 is 10.6 Å². The molecule has 0 aromatic heterocycles. The highest BCUT2D eigenvalue weighted by Crippen LogP contribution is 2.42. The van der Waals surface area contributed by atoms with Crippen LogP contribution in [0.15, 0.2) is 48.5 Å². The quantitative estimate of drug-likeness (QED) is 0.714. The van der Waals surface area contributed by atoms with E-state index in [0.29, 0.717) is 6.42 Å². The van der Waals surface area contributed by atoms with E-state index in [0.717, 1.165) is 70.4 Å². The van der Waals surface area contributed by atoms with E-state index in [1.165, 1.54) is 23.3 Å². The van der Waals surface area contributed by atoms with Gasteiger partial charge in [-0.15, -0.1) is 0 Å². The summed E-state index contributed by atoms with van der Waals surface area (Å²) in [6, 6.07) is 15.4. The molecule has 34 heavy (non-hydrogen) atoms. The molecule has 0 bridgehead atoms. The van der Waals surface area contributed by atoms with Crippen LogP contribution in [0.25, 0.3) is 0 Å². The van der Waals surface area contributed by atoms with Crippen LogP contribution in [0.2, 0.25) is 0 Å². The predicted molar refractivity (Wildman–Crippen MR) is 133 cm³/mol. The minimum absolute atomic E-state index is 0.0266. The van der Waals surface area contributed by atoms with Crippen molar-refractivity contribution >= 4 is 5.91 Å². The van der Waals surface area contributed by atoms with Crippen LogP contribution in [-0.4, -0.2) is 67.6 Å². The van der Waals surface area contributed by atoms with Crippen molar-refractivity contribution in [3.8, 4) is 0 Å². The summed E-state index contributed by atoms with van der Waals surface area (Å²) < 4.78 is 13.5. The SMILES string of the molecule is CN1CCc2ccccc2C12CCN(C(=O)[C@@H](Cc1ccc(F)cc1)NC1CCCNC1)CC2. The molecule has 5 nitrogen and oxygen atoms in total. The number of halogens is 1. The smallest absolute Gasteiger partial charge is 0.240 e. The fourth-order valence-electron chi connectivity index (χ4n) is 6.22. The molecule has 2 aromatic carbocycles. The van der Waals surface area contributed by atoms with E-state index in [1.807, 2.05) is 0 Å². The van der Waals surface area contributed by atoms with Gasteiger partial charge in [-0.3, -0.25) is 9.69 Å². The van der Waals surface area contributed by atoms with Gasteiger partial charge in [-0.05, 0) is 80.9 Å². The Morgan fingerprint density at radius 2 is 1.91 bits per heavy atom. The number of amides is 1. The number of likely N-dealkylation sites (N-methyl/N-ethyl adjacent to an activating group) is 1. The van der Waals surface area contributed by atoms with Crippen molar-refractivity contribution in [2.45, 2.75) is 56.1 Å². The molecule has 0 radical (unpaired) electrons. The molecule has 3 aliphatic rings. The normalized spacial score (nSPS) is 23.5. The van der Waals surface area contributed by atoms with Crippen LogP contribution in [0, 0.1) is 5.82 Å². The summed E-state index contributed by atoms with van der Waals surface area (Å²) in [5, 5.41) is 7.09. The Bertz CT molecular complexity index is 980. The van der Waals surface area contributed by atoms with Gasteiger partial charge in [0.15, 0.2) is 0 Å². The lowest BCUT2D eigenvalue weighted by Crippen LogP contribution is -2.59. The summed E-state index contributed by atoms with van der Waals surface area (Å²) >= 11 is 0. The Hall–Kier alpha value is -2.28. The van der Waals surface area contributed by atoms with E-state index in [1.54, 1.807) is 12.1 Å². The highest BCUT2D eigenvalue weighted by molar-refractivity contribution is 5.82. The van der Waals surface area contributed by atoms with Gasteiger partial charge in [0.25, 0.3) is 0 Å². The van der Waals surface area contributed by atoms with Crippen molar-refractivity contribution in [1.82, 2.24) is 20.4 Å². The standard InChI is InChI=1S/C28H37FN4O/c1-32-16-12-22-5-2-3-7-25(22)28(32)13-17-33(18-14-28)27(34)26(31-24-6-4-15-30-20-24)19-21-8-10-23(29)11-9-21/h2-3,5,7-11,24,26,30-31H,4,6,12-20H2,1H3/t24?,26-/m1/s1. The maximum Gasteiger partial charge on any atom is 0.240 e. The van der Waals surface area contributed by atoms with Crippen molar-refractivity contribution in [2.24, 2.45) is 0 Å². The molecule has 1 spiro atoms. The van der Waals surface area contributed by atoms with Gasteiger partial charge in [-0.2, -0.15) is 0 Å². The zero-order chi connectivity index (χ0) is 23.5. The molecule has 182 valence electrons. The molecular weight excluding hydrogens is 427 g/mol. The summed E-state index contributed by atoms with van der Waals surface area (Å²) in [5.74, 6) is -0.0641.